The summed E-state index contributed by atoms with van der Waals surface area (Å²) in [4.78, 5) is 24.0. The first-order valence-electron chi connectivity index (χ1n) is 7.26. The van der Waals surface area contributed by atoms with Crippen molar-refractivity contribution in [1.82, 2.24) is 10.6 Å². The molecule has 2 N–H and O–H groups in total. The van der Waals surface area contributed by atoms with Gasteiger partial charge in [-0.1, -0.05) is 53.5 Å². The van der Waals surface area contributed by atoms with E-state index in [1.54, 1.807) is 43.3 Å². The number of carbonyl (C=O) groups excluding carboxylic acids is 2. The molecule has 2 rings (SSSR count). The Morgan fingerprint density at radius 2 is 1.79 bits per heavy atom. The number of nitrogens with one attached hydrogen (secondary N) is 2. The Balaban J connectivity index is 2.24. The summed E-state index contributed by atoms with van der Waals surface area (Å²) in [6, 6.07) is 13.0. The van der Waals surface area contributed by atoms with Gasteiger partial charge in [0.15, 0.2) is 0 Å². The van der Waals surface area contributed by atoms with Crippen LogP contribution in [0.4, 0.5) is 4.79 Å². The number of ether oxygens (including phenoxy) is 1. The van der Waals surface area contributed by atoms with Crippen LogP contribution in [0.2, 0.25) is 10.0 Å². The molecule has 2 aromatic carbocycles. The monoisotopic (exact) mass is 366 g/mol. The number of imide groups is 1. The maximum absolute atomic E-state index is 12.4. The third-order valence-corrected chi connectivity index (χ3v) is 3.80. The van der Waals surface area contributed by atoms with Gasteiger partial charge < -0.3 is 10.1 Å². The molecule has 7 heteroatoms. The van der Waals surface area contributed by atoms with Gasteiger partial charge in [-0.05, 0) is 19.1 Å². The van der Waals surface area contributed by atoms with E-state index in [4.69, 9.17) is 27.9 Å². The van der Waals surface area contributed by atoms with Crippen molar-refractivity contribution in [2.75, 3.05) is 6.54 Å². The van der Waals surface area contributed by atoms with Crippen LogP contribution >= 0.6 is 23.2 Å². The minimum Gasteiger partial charge on any atom is -0.476 e. The lowest BCUT2D eigenvalue weighted by molar-refractivity contribution is -0.127. The summed E-state index contributed by atoms with van der Waals surface area (Å²) in [6.45, 7) is 2.16. The van der Waals surface area contributed by atoms with Gasteiger partial charge in [0.2, 0.25) is 6.10 Å². The third kappa shape index (κ3) is 4.88. The van der Waals surface area contributed by atoms with Crippen LogP contribution in [-0.4, -0.2) is 18.5 Å². The van der Waals surface area contributed by atoms with E-state index in [1.807, 2.05) is 6.07 Å². The molecule has 0 aliphatic carbocycles. The highest BCUT2D eigenvalue weighted by Crippen LogP contribution is 2.29. The molecule has 0 spiro atoms. The van der Waals surface area contributed by atoms with Crippen LogP contribution in [-0.2, 0) is 4.79 Å². The minimum absolute atomic E-state index is 0.310. The fourth-order valence-electron chi connectivity index (χ4n) is 1.97. The van der Waals surface area contributed by atoms with Gasteiger partial charge in [-0.25, -0.2) is 4.79 Å². The van der Waals surface area contributed by atoms with Crippen molar-refractivity contribution in [2.45, 2.75) is 13.0 Å². The summed E-state index contributed by atoms with van der Waals surface area (Å²) in [7, 11) is 0. The summed E-state index contributed by atoms with van der Waals surface area (Å²) in [5, 5.41) is 5.44. The van der Waals surface area contributed by atoms with Crippen LogP contribution in [0, 0.1) is 0 Å². The molecular weight excluding hydrogens is 351 g/mol. The summed E-state index contributed by atoms with van der Waals surface area (Å²) in [5.74, 6) is -0.220. The molecule has 0 bridgehead atoms. The summed E-state index contributed by atoms with van der Waals surface area (Å²) in [6.07, 6.45) is -1.01. The van der Waals surface area contributed by atoms with Crippen LogP contribution in [0.3, 0.4) is 0 Å². The average molecular weight is 367 g/mol. The second-order valence-electron chi connectivity index (χ2n) is 4.83. The van der Waals surface area contributed by atoms with Gasteiger partial charge in [-0.3, -0.25) is 10.1 Å². The second-order valence-corrected chi connectivity index (χ2v) is 5.65. The van der Waals surface area contributed by atoms with E-state index in [1.165, 1.54) is 6.07 Å². The van der Waals surface area contributed by atoms with Crippen LogP contribution in [0.25, 0.3) is 0 Å². The molecule has 0 radical (unpaired) electrons. The zero-order valence-corrected chi connectivity index (χ0v) is 14.4. The highest BCUT2D eigenvalue weighted by atomic mass is 35.5. The van der Waals surface area contributed by atoms with E-state index in [0.29, 0.717) is 27.9 Å². The minimum atomic E-state index is -1.01. The predicted octanol–water partition coefficient (Wildman–Crippen LogP) is 3.96. The summed E-state index contributed by atoms with van der Waals surface area (Å²) >= 11 is 11.9. The third-order valence-electron chi connectivity index (χ3n) is 3.06. The van der Waals surface area contributed by atoms with Gasteiger partial charge in [0.1, 0.15) is 5.75 Å². The molecule has 5 nitrogen and oxygen atoms in total. The Morgan fingerprint density at radius 1 is 1.08 bits per heavy atom. The molecule has 0 saturated carbocycles. The Kier molecular flexibility index (Phi) is 6.46. The first-order chi connectivity index (χ1) is 11.5. The van der Waals surface area contributed by atoms with Crippen LogP contribution in [0.5, 0.6) is 5.75 Å². The van der Waals surface area contributed by atoms with Crippen molar-refractivity contribution in [3.8, 4) is 5.75 Å². The summed E-state index contributed by atoms with van der Waals surface area (Å²) in [5.41, 5.74) is 0.602. The second kappa shape index (κ2) is 8.57. The highest BCUT2D eigenvalue weighted by Gasteiger charge is 2.24. The predicted molar refractivity (Wildman–Crippen MR) is 93.5 cm³/mol. The number of halogens is 2. The Morgan fingerprint density at radius 3 is 2.42 bits per heavy atom. The van der Waals surface area contributed by atoms with E-state index in [0.717, 1.165) is 0 Å². The largest absolute Gasteiger partial charge is 0.476 e. The normalized spacial score (nSPS) is 11.5. The van der Waals surface area contributed by atoms with E-state index >= 15 is 0 Å². The summed E-state index contributed by atoms with van der Waals surface area (Å²) < 4.78 is 5.74. The smallest absolute Gasteiger partial charge is 0.321 e. The number of carbonyl (C=O) groups is 2. The quantitative estimate of drug-likeness (QED) is 0.841. The first-order valence-corrected chi connectivity index (χ1v) is 8.02. The van der Waals surface area contributed by atoms with Crippen LogP contribution < -0.4 is 15.4 Å². The Bertz CT molecular complexity index is 723. The van der Waals surface area contributed by atoms with Crippen molar-refractivity contribution >= 4 is 35.1 Å². The molecule has 0 aromatic heterocycles. The Hall–Kier alpha value is -2.24. The van der Waals surface area contributed by atoms with E-state index in [9.17, 15) is 9.59 Å². The maximum atomic E-state index is 12.4. The topological polar surface area (TPSA) is 67.4 Å². The fourth-order valence-corrected chi connectivity index (χ4v) is 2.26. The van der Waals surface area contributed by atoms with Gasteiger partial charge in [-0.15, -0.1) is 0 Å². The highest BCUT2D eigenvalue weighted by molar-refractivity contribution is 6.42. The van der Waals surface area contributed by atoms with Gasteiger partial charge in [0.25, 0.3) is 5.91 Å². The van der Waals surface area contributed by atoms with Crippen molar-refractivity contribution in [2.24, 2.45) is 0 Å². The molecule has 2 aromatic rings. The molecule has 3 amide bonds. The van der Waals surface area contributed by atoms with Crippen molar-refractivity contribution in [3.63, 3.8) is 0 Å². The standard InChI is InChI=1S/C17H16Cl2N2O3/c1-2-20-17(23)21-16(22)15(11-6-4-3-5-7-11)24-12-8-9-13(18)14(19)10-12/h3-10,15H,2H2,1H3,(H2,20,21,22,23)/t15-/m0/s1. The van der Waals surface area contributed by atoms with Gasteiger partial charge in [0.05, 0.1) is 10.0 Å². The number of rotatable bonds is 5. The molecular formula is C17H16Cl2N2O3. The fraction of sp³-hybridized carbons (Fsp3) is 0.176. The van der Waals surface area contributed by atoms with Gasteiger partial charge in [-0.2, -0.15) is 0 Å². The molecule has 0 aliphatic heterocycles. The molecule has 0 saturated heterocycles. The number of hydrogen-bond acceptors (Lipinski definition) is 3. The van der Waals surface area contributed by atoms with E-state index < -0.39 is 18.0 Å². The van der Waals surface area contributed by atoms with Crippen molar-refractivity contribution in [1.29, 1.82) is 0 Å². The SMILES string of the molecule is CCNC(=O)NC(=O)[C@@H](Oc1ccc(Cl)c(Cl)c1)c1ccccc1. The molecule has 0 unspecified atom stereocenters. The molecule has 126 valence electrons. The number of benzene rings is 2. The van der Waals surface area contributed by atoms with Gasteiger partial charge in [0, 0.05) is 18.2 Å². The van der Waals surface area contributed by atoms with Crippen LogP contribution in [0.1, 0.15) is 18.6 Å². The lowest BCUT2D eigenvalue weighted by atomic mass is 10.1. The first kappa shape index (κ1) is 18.1. The van der Waals surface area contributed by atoms with E-state index in [2.05, 4.69) is 10.6 Å². The lowest BCUT2D eigenvalue weighted by Gasteiger charge is -2.19. The molecule has 0 heterocycles. The maximum Gasteiger partial charge on any atom is 0.321 e. The van der Waals surface area contributed by atoms with Crippen molar-refractivity contribution < 1.29 is 14.3 Å². The number of hydrogen-bond donors (Lipinski definition) is 2. The van der Waals surface area contributed by atoms with Crippen LogP contribution in [0.15, 0.2) is 48.5 Å². The molecule has 0 fully saturated rings. The Labute approximate surface area is 149 Å². The number of urea groups is 1. The lowest BCUT2D eigenvalue weighted by Crippen LogP contribution is -2.42. The van der Waals surface area contributed by atoms with Crippen molar-refractivity contribution in [3.05, 3.63) is 64.1 Å². The van der Waals surface area contributed by atoms with E-state index in [-0.39, 0.29) is 0 Å². The average Bonchev–Trinajstić information content (AvgIpc) is 2.56. The van der Waals surface area contributed by atoms with Gasteiger partial charge >= 0.3 is 6.03 Å². The molecule has 24 heavy (non-hydrogen) atoms. The zero-order chi connectivity index (χ0) is 17.5. The molecule has 1 atom stereocenters. The molecule has 0 aliphatic rings. The zero-order valence-electron chi connectivity index (χ0n) is 12.9. The number of amides is 3.